The van der Waals surface area contributed by atoms with Crippen molar-refractivity contribution in [1.82, 2.24) is 16.0 Å². The van der Waals surface area contributed by atoms with Crippen LogP contribution in [0, 0.1) is 11.7 Å². The Labute approximate surface area is 146 Å². The summed E-state index contributed by atoms with van der Waals surface area (Å²) < 4.78 is 12.8. The van der Waals surface area contributed by atoms with Gasteiger partial charge in [-0.25, -0.2) is 4.39 Å². The van der Waals surface area contributed by atoms with Crippen molar-refractivity contribution in [3.8, 4) is 0 Å². The predicted molar refractivity (Wildman–Crippen MR) is 91.1 cm³/mol. The summed E-state index contributed by atoms with van der Waals surface area (Å²) in [6, 6.07) is 5.77. The Bertz CT molecular complexity index is 600. The number of hydrogen-bond acceptors (Lipinski definition) is 3. The Kier molecular flexibility index (Phi) is 7.37. The molecule has 1 aliphatic rings. The minimum absolute atomic E-state index is 0.0873. The first-order valence-electron chi connectivity index (χ1n) is 8.60. The lowest BCUT2D eigenvalue weighted by Gasteiger charge is -2.08. The largest absolute Gasteiger partial charge is 0.356 e. The highest BCUT2D eigenvalue weighted by Crippen LogP contribution is 2.28. The SMILES string of the molecule is O=C(CCCNC(=O)C1CC1)NCCNC(=O)Cc1ccc(F)cc1. The molecule has 6 nitrogen and oxygen atoms in total. The number of carbonyl (C=O) groups is 3. The topological polar surface area (TPSA) is 87.3 Å². The fourth-order valence-electron chi connectivity index (χ4n) is 2.29. The number of hydrogen-bond donors (Lipinski definition) is 3. The third-order valence-corrected chi connectivity index (χ3v) is 3.88. The number of halogens is 1. The third-order valence-electron chi connectivity index (χ3n) is 3.88. The van der Waals surface area contributed by atoms with E-state index in [9.17, 15) is 18.8 Å². The monoisotopic (exact) mass is 349 g/mol. The Morgan fingerprint density at radius 2 is 1.56 bits per heavy atom. The van der Waals surface area contributed by atoms with E-state index in [-0.39, 0.29) is 35.9 Å². The molecule has 1 saturated carbocycles. The lowest BCUT2D eigenvalue weighted by Crippen LogP contribution is -2.35. The second kappa shape index (κ2) is 9.76. The second-order valence-corrected chi connectivity index (χ2v) is 6.17. The van der Waals surface area contributed by atoms with Gasteiger partial charge in [-0.1, -0.05) is 12.1 Å². The fraction of sp³-hybridized carbons (Fsp3) is 0.500. The molecule has 7 heteroatoms. The van der Waals surface area contributed by atoms with Crippen LogP contribution < -0.4 is 16.0 Å². The molecule has 1 aliphatic carbocycles. The zero-order valence-corrected chi connectivity index (χ0v) is 14.1. The van der Waals surface area contributed by atoms with Crippen LogP contribution >= 0.6 is 0 Å². The molecule has 0 aromatic heterocycles. The smallest absolute Gasteiger partial charge is 0.224 e. The van der Waals surface area contributed by atoms with Crippen LogP contribution in [0.25, 0.3) is 0 Å². The summed E-state index contributed by atoms with van der Waals surface area (Å²) in [6.45, 7) is 1.20. The number of amides is 3. The van der Waals surface area contributed by atoms with Crippen molar-refractivity contribution in [3.05, 3.63) is 35.6 Å². The van der Waals surface area contributed by atoms with Gasteiger partial charge >= 0.3 is 0 Å². The average molecular weight is 349 g/mol. The normalized spacial score (nSPS) is 13.2. The summed E-state index contributed by atoms with van der Waals surface area (Å²) in [5, 5.41) is 8.22. The molecule has 1 aromatic carbocycles. The first-order chi connectivity index (χ1) is 12.0. The van der Waals surface area contributed by atoms with Gasteiger partial charge in [-0.15, -0.1) is 0 Å². The molecule has 136 valence electrons. The minimum Gasteiger partial charge on any atom is -0.356 e. The summed E-state index contributed by atoms with van der Waals surface area (Å²) in [4.78, 5) is 34.8. The van der Waals surface area contributed by atoms with Gasteiger partial charge in [-0.05, 0) is 37.0 Å². The zero-order chi connectivity index (χ0) is 18.1. The molecule has 2 rings (SSSR count). The molecular weight excluding hydrogens is 325 g/mol. The van der Waals surface area contributed by atoms with Crippen molar-refractivity contribution in [1.29, 1.82) is 0 Å². The van der Waals surface area contributed by atoms with Crippen LogP contribution in [0.3, 0.4) is 0 Å². The molecule has 0 spiro atoms. The highest BCUT2D eigenvalue weighted by Gasteiger charge is 2.28. The van der Waals surface area contributed by atoms with Crippen molar-refractivity contribution in [2.75, 3.05) is 19.6 Å². The van der Waals surface area contributed by atoms with Crippen molar-refractivity contribution >= 4 is 17.7 Å². The van der Waals surface area contributed by atoms with Gasteiger partial charge < -0.3 is 16.0 Å². The Morgan fingerprint density at radius 1 is 0.920 bits per heavy atom. The van der Waals surface area contributed by atoms with Gasteiger partial charge in [0.2, 0.25) is 17.7 Å². The van der Waals surface area contributed by atoms with E-state index in [1.165, 1.54) is 12.1 Å². The van der Waals surface area contributed by atoms with Crippen molar-refractivity contribution < 1.29 is 18.8 Å². The van der Waals surface area contributed by atoms with E-state index in [0.29, 0.717) is 32.5 Å². The van der Waals surface area contributed by atoms with Gasteiger partial charge in [0.25, 0.3) is 0 Å². The molecule has 25 heavy (non-hydrogen) atoms. The highest BCUT2D eigenvalue weighted by molar-refractivity contribution is 5.81. The Hall–Kier alpha value is -2.44. The van der Waals surface area contributed by atoms with E-state index in [1.807, 2.05) is 0 Å². The van der Waals surface area contributed by atoms with Crippen LogP contribution in [0.4, 0.5) is 4.39 Å². The maximum absolute atomic E-state index is 12.8. The molecule has 0 bridgehead atoms. The van der Waals surface area contributed by atoms with Crippen LogP contribution in [0.15, 0.2) is 24.3 Å². The molecule has 1 fully saturated rings. The standard InChI is InChI=1S/C18H24FN3O3/c19-15-7-3-13(4-8-15)12-17(24)21-11-10-20-16(23)2-1-9-22-18(25)14-5-6-14/h3-4,7-8,14H,1-2,5-6,9-12H2,(H,20,23)(H,21,24)(H,22,25). The maximum Gasteiger partial charge on any atom is 0.224 e. The Balaban J connectivity index is 1.47. The molecule has 0 unspecified atom stereocenters. The van der Waals surface area contributed by atoms with Gasteiger partial charge in [0.1, 0.15) is 5.82 Å². The van der Waals surface area contributed by atoms with E-state index in [4.69, 9.17) is 0 Å². The summed E-state index contributed by atoms with van der Waals surface area (Å²) in [7, 11) is 0. The van der Waals surface area contributed by atoms with Crippen molar-refractivity contribution in [2.24, 2.45) is 5.92 Å². The number of rotatable bonds is 10. The van der Waals surface area contributed by atoms with Gasteiger partial charge in [0.15, 0.2) is 0 Å². The summed E-state index contributed by atoms with van der Waals surface area (Å²) >= 11 is 0. The Morgan fingerprint density at radius 3 is 2.20 bits per heavy atom. The molecule has 0 atom stereocenters. The van der Waals surface area contributed by atoms with Crippen LogP contribution in [0.1, 0.15) is 31.2 Å². The lowest BCUT2D eigenvalue weighted by molar-refractivity contribution is -0.123. The molecule has 3 N–H and O–H groups in total. The van der Waals surface area contributed by atoms with E-state index in [1.54, 1.807) is 12.1 Å². The summed E-state index contributed by atoms with van der Waals surface area (Å²) in [6.07, 6.45) is 3.06. The van der Waals surface area contributed by atoms with Gasteiger partial charge in [0, 0.05) is 32.0 Å². The van der Waals surface area contributed by atoms with Crippen molar-refractivity contribution in [2.45, 2.75) is 32.1 Å². The summed E-state index contributed by atoms with van der Waals surface area (Å²) in [5.41, 5.74) is 0.733. The number of benzene rings is 1. The van der Waals surface area contributed by atoms with Gasteiger partial charge in [-0.3, -0.25) is 14.4 Å². The zero-order valence-electron chi connectivity index (χ0n) is 14.1. The number of nitrogens with one attached hydrogen (secondary N) is 3. The maximum atomic E-state index is 12.8. The van der Waals surface area contributed by atoms with Gasteiger partial charge in [-0.2, -0.15) is 0 Å². The lowest BCUT2D eigenvalue weighted by atomic mass is 10.1. The first-order valence-corrected chi connectivity index (χ1v) is 8.60. The minimum atomic E-state index is -0.334. The molecule has 0 radical (unpaired) electrons. The molecular formula is C18H24FN3O3. The van der Waals surface area contributed by atoms with Gasteiger partial charge in [0.05, 0.1) is 6.42 Å². The van der Waals surface area contributed by atoms with Crippen LogP contribution in [-0.2, 0) is 20.8 Å². The van der Waals surface area contributed by atoms with Crippen LogP contribution in [-0.4, -0.2) is 37.4 Å². The van der Waals surface area contributed by atoms with E-state index in [2.05, 4.69) is 16.0 Å². The van der Waals surface area contributed by atoms with Crippen LogP contribution in [0.5, 0.6) is 0 Å². The van der Waals surface area contributed by atoms with E-state index in [0.717, 1.165) is 18.4 Å². The fourth-order valence-corrected chi connectivity index (χ4v) is 2.29. The predicted octanol–water partition coefficient (Wildman–Crippen LogP) is 0.907. The molecule has 1 aromatic rings. The molecule has 0 aliphatic heterocycles. The summed E-state index contributed by atoms with van der Waals surface area (Å²) in [5.74, 6) is -0.340. The quantitative estimate of drug-likeness (QED) is 0.549. The highest BCUT2D eigenvalue weighted by atomic mass is 19.1. The van der Waals surface area contributed by atoms with E-state index >= 15 is 0 Å². The molecule has 3 amide bonds. The molecule has 0 saturated heterocycles. The average Bonchev–Trinajstić information content (AvgIpc) is 3.42. The van der Waals surface area contributed by atoms with E-state index < -0.39 is 0 Å². The first kappa shape index (κ1) is 18.9. The molecule has 0 heterocycles. The van der Waals surface area contributed by atoms with Crippen LogP contribution in [0.2, 0.25) is 0 Å². The number of carbonyl (C=O) groups excluding carboxylic acids is 3. The second-order valence-electron chi connectivity index (χ2n) is 6.17. The van der Waals surface area contributed by atoms with Crippen molar-refractivity contribution in [3.63, 3.8) is 0 Å². The third kappa shape index (κ3) is 7.78.